The Hall–Kier alpha value is -1.51. The van der Waals surface area contributed by atoms with Gasteiger partial charge in [-0.1, -0.05) is 31.0 Å². The molecular weight excluding hydrogens is 412 g/mol. The van der Waals surface area contributed by atoms with Crippen molar-refractivity contribution < 1.29 is 33.6 Å². The fraction of sp³-hybridized carbons (Fsp3) is 0.720. The van der Waals surface area contributed by atoms with Crippen LogP contribution in [0.1, 0.15) is 74.6 Å². The first-order chi connectivity index (χ1) is 15.6. The van der Waals surface area contributed by atoms with Crippen LogP contribution in [-0.2, 0) is 23.7 Å². The number of carbonyl (C=O) groups is 1. The molecule has 0 bridgehead atoms. The summed E-state index contributed by atoms with van der Waals surface area (Å²) >= 11 is 0. The van der Waals surface area contributed by atoms with Gasteiger partial charge >= 0.3 is 5.97 Å². The Labute approximate surface area is 188 Å². The van der Waals surface area contributed by atoms with Crippen LogP contribution >= 0.6 is 0 Å². The number of benzene rings is 1. The fourth-order valence-electron chi connectivity index (χ4n) is 6.28. The molecular formula is C25H32O7. The third-order valence-corrected chi connectivity index (χ3v) is 7.86. The predicted octanol–water partition coefficient (Wildman–Crippen LogP) is 3.48. The fourth-order valence-corrected chi connectivity index (χ4v) is 6.28. The van der Waals surface area contributed by atoms with E-state index in [2.05, 4.69) is 0 Å². The molecule has 2 spiro atoms. The molecule has 3 saturated carbocycles. The van der Waals surface area contributed by atoms with Gasteiger partial charge in [0, 0.05) is 25.7 Å². The molecule has 1 aromatic rings. The first-order valence-corrected chi connectivity index (χ1v) is 12.2. The van der Waals surface area contributed by atoms with Gasteiger partial charge in [0.2, 0.25) is 0 Å². The number of esters is 1. The van der Waals surface area contributed by atoms with Gasteiger partial charge in [0.1, 0.15) is 30.5 Å². The molecule has 3 aliphatic carbocycles. The number of hydrogen-bond donors (Lipinski definition) is 1. The second kappa shape index (κ2) is 8.06. The lowest BCUT2D eigenvalue weighted by Crippen LogP contribution is -2.62. The van der Waals surface area contributed by atoms with E-state index in [0.717, 1.165) is 64.2 Å². The average Bonchev–Trinajstić information content (AvgIpc) is 3.37. The molecule has 2 saturated heterocycles. The smallest absolute Gasteiger partial charge is 0.338 e. The monoisotopic (exact) mass is 444 g/mol. The standard InChI is InChI=1S/C25H32O7/c26-17-18-21(31-24(29-18)12-6-2-7-13-24)20(28-23(27)16-10-4-1-5-11-16)22-19(17)30-25(32-22)14-8-3-9-15-25/h1,4-5,10-11,17-22,26H,2-3,6-9,12-15H2/t17?,18-,19+,20?,21-,22+. The van der Waals surface area contributed by atoms with Gasteiger partial charge in [0.15, 0.2) is 17.7 Å². The van der Waals surface area contributed by atoms with Gasteiger partial charge < -0.3 is 28.8 Å². The molecule has 1 N–H and O–H groups in total. The first kappa shape index (κ1) is 21.1. The van der Waals surface area contributed by atoms with Crippen LogP contribution in [0.25, 0.3) is 0 Å². The maximum Gasteiger partial charge on any atom is 0.338 e. The third kappa shape index (κ3) is 3.49. The van der Waals surface area contributed by atoms with Crippen molar-refractivity contribution in [2.75, 3.05) is 0 Å². The highest BCUT2D eigenvalue weighted by atomic mass is 16.8. The van der Waals surface area contributed by atoms with Crippen molar-refractivity contribution in [3.63, 3.8) is 0 Å². The molecule has 7 nitrogen and oxygen atoms in total. The lowest BCUT2D eigenvalue weighted by atomic mass is 9.85. The van der Waals surface area contributed by atoms with Gasteiger partial charge in [0.05, 0.1) is 5.56 Å². The molecule has 174 valence electrons. The first-order valence-electron chi connectivity index (χ1n) is 12.2. The number of fused-ring (bicyclic) bond motifs is 2. The molecule has 0 amide bonds. The van der Waals surface area contributed by atoms with E-state index in [1.165, 1.54) is 0 Å². The normalized spacial score (nSPS) is 39.5. The summed E-state index contributed by atoms with van der Waals surface area (Å²) in [5, 5.41) is 11.3. The molecule has 2 unspecified atom stereocenters. The highest BCUT2D eigenvalue weighted by Crippen LogP contribution is 2.51. The highest BCUT2D eigenvalue weighted by molar-refractivity contribution is 5.89. The molecule has 5 aliphatic rings. The van der Waals surface area contributed by atoms with Crippen molar-refractivity contribution in [3.8, 4) is 0 Å². The number of hydrogen-bond acceptors (Lipinski definition) is 7. The minimum atomic E-state index is -0.890. The van der Waals surface area contributed by atoms with E-state index in [1.807, 2.05) is 18.2 Å². The number of rotatable bonds is 2. The summed E-state index contributed by atoms with van der Waals surface area (Å²) in [5.41, 5.74) is 0.476. The van der Waals surface area contributed by atoms with Crippen LogP contribution in [0.15, 0.2) is 30.3 Å². The topological polar surface area (TPSA) is 83.5 Å². The minimum absolute atomic E-state index is 0.425. The number of carbonyl (C=O) groups excluding carboxylic acids is 1. The second-order valence-electron chi connectivity index (χ2n) is 10.00. The van der Waals surface area contributed by atoms with Gasteiger partial charge in [-0.15, -0.1) is 0 Å². The Morgan fingerprint density at radius 2 is 1.22 bits per heavy atom. The number of aliphatic hydroxyl groups excluding tert-OH is 1. The lowest BCUT2D eigenvalue weighted by Gasteiger charge is -2.40. The summed E-state index contributed by atoms with van der Waals surface area (Å²) in [7, 11) is 0. The molecule has 2 heterocycles. The molecule has 6 rings (SSSR count). The van der Waals surface area contributed by atoms with E-state index in [-0.39, 0.29) is 0 Å². The Morgan fingerprint density at radius 1 is 0.750 bits per heavy atom. The van der Waals surface area contributed by atoms with Crippen LogP contribution < -0.4 is 0 Å². The van der Waals surface area contributed by atoms with Gasteiger partial charge in [-0.2, -0.15) is 0 Å². The average molecular weight is 445 g/mol. The number of ether oxygens (including phenoxy) is 5. The van der Waals surface area contributed by atoms with Crippen molar-refractivity contribution in [1.82, 2.24) is 0 Å². The second-order valence-corrected chi connectivity index (χ2v) is 10.00. The van der Waals surface area contributed by atoms with Crippen LogP contribution in [-0.4, -0.2) is 59.3 Å². The molecule has 7 heteroatoms. The van der Waals surface area contributed by atoms with Gasteiger partial charge in [0.25, 0.3) is 0 Å². The van der Waals surface area contributed by atoms with Crippen LogP contribution in [0, 0.1) is 0 Å². The summed E-state index contributed by atoms with van der Waals surface area (Å²) in [4.78, 5) is 13.0. The summed E-state index contributed by atoms with van der Waals surface area (Å²) in [6.07, 6.45) is 5.55. The molecule has 0 radical (unpaired) electrons. The van der Waals surface area contributed by atoms with Gasteiger partial charge in [-0.05, 0) is 37.8 Å². The van der Waals surface area contributed by atoms with Gasteiger partial charge in [-0.3, -0.25) is 0 Å². The van der Waals surface area contributed by atoms with Crippen LogP contribution in [0.4, 0.5) is 0 Å². The molecule has 1 aromatic carbocycles. The predicted molar refractivity (Wildman–Crippen MR) is 113 cm³/mol. The third-order valence-electron chi connectivity index (χ3n) is 7.86. The molecule has 5 fully saturated rings. The maximum absolute atomic E-state index is 13.0. The summed E-state index contributed by atoms with van der Waals surface area (Å²) in [6, 6.07) is 8.95. The summed E-state index contributed by atoms with van der Waals surface area (Å²) in [6.45, 7) is 0. The van der Waals surface area contributed by atoms with Crippen molar-refractivity contribution in [1.29, 1.82) is 0 Å². The van der Waals surface area contributed by atoms with Crippen LogP contribution in [0.5, 0.6) is 0 Å². The Bertz CT molecular complexity index is 788. The van der Waals surface area contributed by atoms with Crippen LogP contribution in [0.3, 0.4) is 0 Å². The molecule has 2 aliphatic heterocycles. The van der Waals surface area contributed by atoms with Crippen molar-refractivity contribution in [3.05, 3.63) is 35.9 Å². The van der Waals surface area contributed by atoms with E-state index in [1.54, 1.807) is 12.1 Å². The Kier molecular flexibility index (Phi) is 5.30. The Balaban J connectivity index is 1.31. The van der Waals surface area contributed by atoms with E-state index in [9.17, 15) is 9.90 Å². The van der Waals surface area contributed by atoms with E-state index in [4.69, 9.17) is 23.7 Å². The lowest BCUT2D eigenvalue weighted by molar-refractivity contribution is -0.224. The van der Waals surface area contributed by atoms with Crippen LogP contribution in [0.2, 0.25) is 0 Å². The van der Waals surface area contributed by atoms with E-state index in [0.29, 0.717) is 5.56 Å². The quantitative estimate of drug-likeness (QED) is 0.699. The summed E-state index contributed by atoms with van der Waals surface area (Å²) < 4.78 is 31.9. The molecule has 32 heavy (non-hydrogen) atoms. The van der Waals surface area contributed by atoms with Gasteiger partial charge in [-0.25, -0.2) is 4.79 Å². The number of aliphatic hydroxyl groups is 1. The SMILES string of the molecule is O=C(OC1[C@H]2OC3(CCCCC3)O[C@H]2C(O)[C@H]2OC3(CCCCC3)O[C@@H]12)c1ccccc1. The largest absolute Gasteiger partial charge is 0.453 e. The van der Waals surface area contributed by atoms with Crippen molar-refractivity contribution in [2.24, 2.45) is 0 Å². The van der Waals surface area contributed by atoms with Crippen molar-refractivity contribution >= 4 is 5.97 Å². The summed E-state index contributed by atoms with van der Waals surface area (Å²) in [5.74, 6) is -1.86. The van der Waals surface area contributed by atoms with Crippen molar-refractivity contribution in [2.45, 2.75) is 112 Å². The van der Waals surface area contributed by atoms with E-state index >= 15 is 0 Å². The zero-order valence-electron chi connectivity index (χ0n) is 18.3. The zero-order chi connectivity index (χ0) is 21.8. The maximum atomic E-state index is 13.0. The highest BCUT2D eigenvalue weighted by Gasteiger charge is 2.66. The zero-order valence-corrected chi connectivity index (χ0v) is 18.3. The molecule has 6 atom stereocenters. The Morgan fingerprint density at radius 3 is 1.72 bits per heavy atom. The minimum Gasteiger partial charge on any atom is -0.453 e. The molecule has 0 aromatic heterocycles. The van der Waals surface area contributed by atoms with E-state index < -0.39 is 54.2 Å².